The van der Waals surface area contributed by atoms with E-state index in [4.69, 9.17) is 14.9 Å². The molecule has 22 heavy (non-hydrogen) atoms. The van der Waals surface area contributed by atoms with E-state index in [0.29, 0.717) is 0 Å². The van der Waals surface area contributed by atoms with E-state index in [1.807, 2.05) is 0 Å². The number of aliphatic hydroxyl groups is 1. The molecule has 4 N–H and O–H groups in total. The number of aliphatic carboxylic acids is 1. The molecule has 0 radical (unpaired) electrons. The first-order chi connectivity index (χ1) is 7.18. The van der Waals surface area contributed by atoms with Crippen molar-refractivity contribution >= 4 is 13.6 Å². The molecule has 0 aromatic carbocycles. The molecule has 6 nitrogen and oxygen atoms in total. The fourth-order valence-corrected chi connectivity index (χ4v) is 2.45. The molecule has 0 heterocycles. The normalized spacial score (nSPS) is 13.0. The lowest BCUT2D eigenvalue weighted by molar-refractivity contribution is -0.142. The van der Waals surface area contributed by atoms with Crippen LogP contribution in [0.3, 0.4) is 0 Å². The van der Waals surface area contributed by atoms with E-state index in [-0.39, 0.29) is 63.8 Å². The largest absolute Gasteiger partial charge is 0.481 e. The quantitative estimate of drug-likeness (QED) is 0.498. The maximum Gasteiger partial charge on any atom is 0.328 e. The molecule has 0 aromatic rings. The summed E-state index contributed by atoms with van der Waals surface area (Å²) in [5.41, 5.74) is -0.900. The lowest BCUT2D eigenvalue weighted by Crippen LogP contribution is -2.22. The summed E-state index contributed by atoms with van der Waals surface area (Å²) in [7, 11) is -4.20. The van der Waals surface area contributed by atoms with Crippen LogP contribution in [-0.2, 0) is 9.36 Å². The molecule has 7 heteroatoms. The minimum Gasteiger partial charge on any atom is -0.481 e. The van der Waals surface area contributed by atoms with Gasteiger partial charge in [-0.1, -0.05) is 58.4 Å². The predicted molar refractivity (Wildman–Crippen MR) is 98.5 cm³/mol. The van der Waals surface area contributed by atoms with Crippen LogP contribution in [0.2, 0.25) is 0 Å². The molecule has 0 aliphatic carbocycles. The predicted octanol–water partition coefficient (Wildman–Crippen LogP) is 4.62. The summed E-state index contributed by atoms with van der Waals surface area (Å²) in [6.07, 6.45) is -0.809. The lowest BCUT2D eigenvalue weighted by atomic mass is 10.00. The monoisotopic (exact) mass is 350 g/mol. The van der Waals surface area contributed by atoms with Crippen LogP contribution in [0.4, 0.5) is 0 Å². The smallest absolute Gasteiger partial charge is 0.328 e. The van der Waals surface area contributed by atoms with Crippen LogP contribution in [0.5, 0.6) is 0 Å². The SMILES string of the molecule is C.C.C.C.C.C.CCC(CC(O)CC(C)C(=O)O)P(=O)(O)O. The lowest BCUT2D eigenvalue weighted by Gasteiger charge is -2.20. The molecule has 0 amide bonds. The summed E-state index contributed by atoms with van der Waals surface area (Å²) < 4.78 is 11.0. The Morgan fingerprint density at radius 3 is 1.59 bits per heavy atom. The molecule has 0 aliphatic heterocycles. The highest BCUT2D eigenvalue weighted by Gasteiger charge is 2.30. The Morgan fingerprint density at radius 1 is 1.00 bits per heavy atom. The average Bonchev–Trinajstić information content (AvgIpc) is 2.11. The van der Waals surface area contributed by atoms with Gasteiger partial charge in [-0.15, -0.1) is 0 Å². The van der Waals surface area contributed by atoms with Crippen LogP contribution in [0, 0.1) is 5.92 Å². The summed E-state index contributed by atoms with van der Waals surface area (Å²) in [5, 5.41) is 18.1. The van der Waals surface area contributed by atoms with E-state index < -0.39 is 31.2 Å². The maximum absolute atomic E-state index is 11.0. The number of hydrogen-bond acceptors (Lipinski definition) is 3. The standard InChI is InChI=1S/C9H19O6P.6CH4/c1-3-8(16(13,14)15)5-7(10)4-6(2)9(11)12;;;;;;/h6-8,10H,3-5H2,1-2H3,(H,11,12)(H2,13,14,15);6*1H4. The number of aliphatic hydroxyl groups excluding tert-OH is 1. The Kier molecular flexibility index (Phi) is 36.4. The zero-order valence-corrected chi connectivity index (χ0v) is 10.3. The van der Waals surface area contributed by atoms with E-state index >= 15 is 0 Å². The number of rotatable bonds is 7. The van der Waals surface area contributed by atoms with Gasteiger partial charge < -0.3 is 20.0 Å². The third-order valence-electron chi connectivity index (χ3n) is 2.54. The van der Waals surface area contributed by atoms with Gasteiger partial charge >= 0.3 is 13.6 Å². The number of carbonyl (C=O) groups is 1. The third-order valence-corrected chi connectivity index (χ3v) is 4.07. The molecule has 0 saturated carbocycles. The second-order valence-electron chi connectivity index (χ2n) is 4.02. The van der Waals surface area contributed by atoms with Crippen LogP contribution in [0.1, 0.15) is 77.7 Å². The van der Waals surface area contributed by atoms with Crippen LogP contribution < -0.4 is 0 Å². The third kappa shape index (κ3) is 17.6. The Balaban J connectivity index is -0.0000000750. The van der Waals surface area contributed by atoms with Gasteiger partial charge in [0.25, 0.3) is 0 Å². The van der Waals surface area contributed by atoms with E-state index in [1.165, 1.54) is 6.92 Å². The summed E-state index contributed by atoms with van der Waals surface area (Å²) in [6.45, 7) is 3.07. The van der Waals surface area contributed by atoms with Crippen molar-refractivity contribution in [3.63, 3.8) is 0 Å². The average molecular weight is 350 g/mol. The summed E-state index contributed by atoms with van der Waals surface area (Å²) in [6, 6.07) is 0. The molecule has 0 aliphatic rings. The Bertz CT molecular complexity index is 277. The molecule has 3 atom stereocenters. The maximum atomic E-state index is 11.0. The summed E-state index contributed by atoms with van der Waals surface area (Å²) in [4.78, 5) is 28.4. The van der Waals surface area contributed by atoms with E-state index in [0.717, 1.165) is 0 Å². The molecule has 0 aromatic heterocycles. The second kappa shape index (κ2) is 18.6. The molecular weight excluding hydrogens is 307 g/mol. The van der Waals surface area contributed by atoms with Gasteiger partial charge in [-0.25, -0.2) is 0 Å². The molecule has 0 fully saturated rings. The minimum atomic E-state index is -4.20. The van der Waals surface area contributed by atoms with E-state index in [9.17, 15) is 14.5 Å². The van der Waals surface area contributed by atoms with Gasteiger partial charge in [-0.3, -0.25) is 9.36 Å². The van der Waals surface area contributed by atoms with Gasteiger partial charge in [0.05, 0.1) is 17.7 Å². The Hall–Kier alpha value is -0.420. The minimum absolute atomic E-state index is 0. The highest BCUT2D eigenvalue weighted by molar-refractivity contribution is 7.52. The highest BCUT2D eigenvalue weighted by atomic mass is 31.2. The van der Waals surface area contributed by atoms with Gasteiger partial charge in [0.15, 0.2) is 0 Å². The first-order valence-corrected chi connectivity index (χ1v) is 6.82. The van der Waals surface area contributed by atoms with Crippen LogP contribution in [0.25, 0.3) is 0 Å². The van der Waals surface area contributed by atoms with Crippen molar-refractivity contribution in [2.45, 2.75) is 89.4 Å². The molecule has 144 valence electrons. The van der Waals surface area contributed by atoms with Crippen molar-refractivity contribution in [1.29, 1.82) is 0 Å². The van der Waals surface area contributed by atoms with E-state index in [2.05, 4.69) is 0 Å². The second-order valence-corrected chi connectivity index (χ2v) is 5.92. The van der Waals surface area contributed by atoms with Crippen LogP contribution in [-0.4, -0.2) is 37.7 Å². The summed E-state index contributed by atoms with van der Waals surface area (Å²) >= 11 is 0. The van der Waals surface area contributed by atoms with Crippen molar-refractivity contribution in [1.82, 2.24) is 0 Å². The highest BCUT2D eigenvalue weighted by Crippen LogP contribution is 2.45. The van der Waals surface area contributed by atoms with Crippen molar-refractivity contribution in [3.05, 3.63) is 0 Å². The number of carboxylic acids is 1. The Labute approximate surface area is 139 Å². The fraction of sp³-hybridized carbons (Fsp3) is 0.933. The van der Waals surface area contributed by atoms with Gasteiger partial charge in [-0.05, 0) is 19.3 Å². The molecule has 0 saturated heterocycles. The van der Waals surface area contributed by atoms with Crippen molar-refractivity contribution in [2.75, 3.05) is 0 Å². The molecule has 0 rings (SSSR count). The Morgan fingerprint density at radius 2 is 1.36 bits per heavy atom. The van der Waals surface area contributed by atoms with E-state index in [1.54, 1.807) is 6.92 Å². The van der Waals surface area contributed by atoms with Crippen molar-refractivity contribution in [3.8, 4) is 0 Å². The zero-order valence-electron chi connectivity index (χ0n) is 9.41. The molecule has 0 bridgehead atoms. The summed E-state index contributed by atoms with van der Waals surface area (Å²) in [5.74, 6) is -1.74. The van der Waals surface area contributed by atoms with Crippen LogP contribution >= 0.6 is 7.60 Å². The molecule has 3 unspecified atom stereocenters. The van der Waals surface area contributed by atoms with Crippen molar-refractivity contribution < 1.29 is 29.4 Å². The zero-order chi connectivity index (χ0) is 12.9. The van der Waals surface area contributed by atoms with Gasteiger partial charge in [0, 0.05) is 0 Å². The first-order valence-electron chi connectivity index (χ1n) is 5.14. The molecular formula is C15H43O6P. The number of carboxylic acid groups (broad SMARTS) is 1. The van der Waals surface area contributed by atoms with Crippen molar-refractivity contribution in [2.24, 2.45) is 5.92 Å². The number of hydrogen-bond donors (Lipinski definition) is 4. The first kappa shape index (κ1) is 43.0. The van der Waals surface area contributed by atoms with Gasteiger partial charge in [-0.2, -0.15) is 0 Å². The fourth-order valence-electron chi connectivity index (χ4n) is 1.46. The van der Waals surface area contributed by atoms with Gasteiger partial charge in [0.2, 0.25) is 0 Å². The topological polar surface area (TPSA) is 115 Å². The van der Waals surface area contributed by atoms with Crippen LogP contribution in [0.15, 0.2) is 0 Å². The molecule has 0 spiro atoms. The van der Waals surface area contributed by atoms with Gasteiger partial charge in [0.1, 0.15) is 0 Å².